The number of halogens is 1. The van der Waals surface area contributed by atoms with Crippen molar-refractivity contribution >= 4 is 33.3 Å². The quantitative estimate of drug-likeness (QED) is 0.617. The Morgan fingerprint density at radius 2 is 2.42 bits per heavy atom. The molecule has 62 valence electrons. The Kier molecular flexibility index (Phi) is 1.58. The summed E-state index contributed by atoms with van der Waals surface area (Å²) in [7, 11) is 0. The molecule has 2 heterocycles. The summed E-state index contributed by atoms with van der Waals surface area (Å²) in [5.41, 5.74) is 0.515. The van der Waals surface area contributed by atoms with Crippen LogP contribution in [0, 0.1) is 0 Å². The number of hydrogen-bond donors (Lipinski definition) is 3. The molecule has 0 aliphatic carbocycles. The van der Waals surface area contributed by atoms with Gasteiger partial charge in [0, 0.05) is 16.1 Å². The van der Waals surface area contributed by atoms with Gasteiger partial charge in [-0.3, -0.25) is 14.1 Å². The topological polar surface area (TPSA) is 86.5 Å². The molecule has 12 heavy (non-hydrogen) atoms. The molecule has 0 fully saturated rings. The highest BCUT2D eigenvalue weighted by Gasteiger charge is 2.03. The van der Waals surface area contributed by atoms with Crippen molar-refractivity contribution in [2.24, 2.45) is 0 Å². The van der Waals surface area contributed by atoms with Gasteiger partial charge in [-0.05, 0) is 0 Å². The van der Waals surface area contributed by atoms with Gasteiger partial charge in [-0.2, -0.15) is 4.98 Å². The van der Waals surface area contributed by atoms with Crippen molar-refractivity contribution in [3.63, 3.8) is 0 Å². The Balaban J connectivity index is 2.84. The predicted octanol–water partition coefficient (Wildman–Crippen LogP) is 0.368. The van der Waals surface area contributed by atoms with Gasteiger partial charge in [0.15, 0.2) is 11.2 Å². The fourth-order valence-corrected chi connectivity index (χ4v) is 1.08. The minimum atomic E-state index is -0.251. The summed E-state index contributed by atoms with van der Waals surface area (Å²) >= 11 is 2.95. The number of aromatic nitrogens is 4. The summed E-state index contributed by atoms with van der Waals surface area (Å²) in [5.74, 6) is 0.333. The van der Waals surface area contributed by atoms with Crippen LogP contribution >= 0.6 is 16.1 Å². The van der Waals surface area contributed by atoms with Crippen LogP contribution < -0.4 is 9.90 Å². The second kappa shape index (κ2) is 2.59. The number of aromatic amines is 2. The number of nitrogens with zero attached hydrogens (tertiary/aromatic N) is 2. The standard InChI is InChI=1S/C5H4BrN5O/c6-11-5-9-3-2(4(12)10-5)7-1-8-3/h1H,(H3,7,8,9,10,11,12). The SMILES string of the molecule is O=c1[nH]c(NBr)nc2nc[nH]c12. The van der Waals surface area contributed by atoms with Gasteiger partial charge in [0.25, 0.3) is 5.56 Å². The molecule has 0 aliphatic heterocycles. The highest BCUT2D eigenvalue weighted by molar-refractivity contribution is 9.10. The molecule has 7 heteroatoms. The van der Waals surface area contributed by atoms with Gasteiger partial charge in [0.2, 0.25) is 5.95 Å². The lowest BCUT2D eigenvalue weighted by atomic mass is 10.5. The highest BCUT2D eigenvalue weighted by atomic mass is 79.9. The summed E-state index contributed by atoms with van der Waals surface area (Å²) in [6, 6.07) is 0. The lowest BCUT2D eigenvalue weighted by molar-refractivity contribution is 1.17. The average Bonchev–Trinajstić information content (AvgIpc) is 2.52. The van der Waals surface area contributed by atoms with Crippen molar-refractivity contribution in [2.75, 3.05) is 4.34 Å². The molecule has 2 rings (SSSR count). The molecule has 0 aromatic carbocycles. The average molecular weight is 230 g/mol. The van der Waals surface area contributed by atoms with E-state index in [0.29, 0.717) is 17.1 Å². The molecule has 2 aromatic rings. The van der Waals surface area contributed by atoms with Crippen LogP contribution in [-0.2, 0) is 0 Å². The highest BCUT2D eigenvalue weighted by Crippen LogP contribution is 2.03. The summed E-state index contributed by atoms with van der Waals surface area (Å²) in [5, 5.41) is 0. The van der Waals surface area contributed by atoms with Gasteiger partial charge in [-0.15, -0.1) is 0 Å². The number of rotatable bonds is 1. The first-order chi connectivity index (χ1) is 5.81. The van der Waals surface area contributed by atoms with Crippen LogP contribution in [0.1, 0.15) is 0 Å². The Hall–Kier alpha value is -1.37. The number of fused-ring (bicyclic) bond motifs is 1. The maximum atomic E-state index is 11.2. The van der Waals surface area contributed by atoms with E-state index in [1.165, 1.54) is 6.33 Å². The first kappa shape index (κ1) is 7.29. The third kappa shape index (κ3) is 0.981. The van der Waals surface area contributed by atoms with Crippen molar-refractivity contribution < 1.29 is 0 Å². The second-order valence-corrected chi connectivity index (χ2v) is 2.51. The maximum absolute atomic E-state index is 11.2. The molecule has 0 aliphatic rings. The van der Waals surface area contributed by atoms with Crippen LogP contribution in [0.15, 0.2) is 11.1 Å². The van der Waals surface area contributed by atoms with Crippen LogP contribution in [0.4, 0.5) is 5.95 Å². The van der Waals surface area contributed by atoms with Crippen molar-refractivity contribution in [1.82, 2.24) is 19.9 Å². The third-order valence-electron chi connectivity index (χ3n) is 1.39. The normalized spacial score (nSPS) is 10.4. The van der Waals surface area contributed by atoms with Crippen molar-refractivity contribution in [3.8, 4) is 0 Å². The monoisotopic (exact) mass is 229 g/mol. The molecule has 0 saturated heterocycles. The van der Waals surface area contributed by atoms with E-state index in [0.717, 1.165) is 0 Å². The molecule has 2 aromatic heterocycles. The van der Waals surface area contributed by atoms with E-state index < -0.39 is 0 Å². The van der Waals surface area contributed by atoms with Crippen LogP contribution in [-0.4, -0.2) is 19.9 Å². The summed E-state index contributed by atoms with van der Waals surface area (Å²) in [6.45, 7) is 0. The number of imidazole rings is 1. The predicted molar refractivity (Wildman–Crippen MR) is 47.1 cm³/mol. The Labute approximate surface area is 74.8 Å². The van der Waals surface area contributed by atoms with Gasteiger partial charge in [0.05, 0.1) is 6.33 Å². The lowest BCUT2D eigenvalue weighted by Gasteiger charge is -1.94. The summed E-state index contributed by atoms with van der Waals surface area (Å²) in [6.07, 6.45) is 1.42. The van der Waals surface area contributed by atoms with Crippen LogP contribution in [0.25, 0.3) is 11.2 Å². The first-order valence-corrected chi connectivity index (χ1v) is 3.90. The molecule has 0 radical (unpaired) electrons. The van der Waals surface area contributed by atoms with Gasteiger partial charge >= 0.3 is 0 Å². The molecule has 0 spiro atoms. The van der Waals surface area contributed by atoms with E-state index in [9.17, 15) is 4.79 Å². The number of anilines is 1. The maximum Gasteiger partial charge on any atom is 0.278 e. The van der Waals surface area contributed by atoms with Crippen molar-refractivity contribution in [2.45, 2.75) is 0 Å². The third-order valence-corrected chi connectivity index (χ3v) is 1.76. The molecule has 0 amide bonds. The smallest absolute Gasteiger partial charge is 0.278 e. The van der Waals surface area contributed by atoms with Crippen LogP contribution in [0.5, 0.6) is 0 Å². The fraction of sp³-hybridized carbons (Fsp3) is 0. The molecule has 0 atom stereocenters. The van der Waals surface area contributed by atoms with E-state index >= 15 is 0 Å². The lowest BCUT2D eigenvalue weighted by Crippen LogP contribution is -2.09. The van der Waals surface area contributed by atoms with Gasteiger partial charge < -0.3 is 4.98 Å². The molecular formula is C5H4BrN5O. The molecule has 6 nitrogen and oxygen atoms in total. The summed E-state index contributed by atoms with van der Waals surface area (Å²) < 4.78 is 2.54. The molecule has 0 bridgehead atoms. The van der Waals surface area contributed by atoms with Gasteiger partial charge in [-0.25, -0.2) is 4.98 Å². The Morgan fingerprint density at radius 1 is 1.58 bits per heavy atom. The Bertz CT molecular complexity index is 460. The van der Waals surface area contributed by atoms with E-state index in [2.05, 4.69) is 40.4 Å². The van der Waals surface area contributed by atoms with E-state index in [1.807, 2.05) is 0 Å². The molecular weight excluding hydrogens is 226 g/mol. The second-order valence-electron chi connectivity index (χ2n) is 2.11. The number of nitrogens with one attached hydrogen (secondary N) is 3. The zero-order valence-corrected chi connectivity index (χ0v) is 7.34. The van der Waals surface area contributed by atoms with E-state index in [1.54, 1.807) is 0 Å². The fourth-order valence-electron chi connectivity index (χ4n) is 0.888. The number of hydrogen-bond acceptors (Lipinski definition) is 4. The Morgan fingerprint density at radius 3 is 3.17 bits per heavy atom. The van der Waals surface area contributed by atoms with Crippen molar-refractivity contribution in [1.29, 1.82) is 0 Å². The largest absolute Gasteiger partial charge is 0.339 e. The van der Waals surface area contributed by atoms with Crippen LogP contribution in [0.3, 0.4) is 0 Å². The zero-order chi connectivity index (χ0) is 8.55. The van der Waals surface area contributed by atoms with Crippen LogP contribution in [0.2, 0.25) is 0 Å². The number of H-pyrrole nitrogens is 2. The molecule has 3 N–H and O–H groups in total. The molecule has 0 saturated carbocycles. The van der Waals surface area contributed by atoms with E-state index in [-0.39, 0.29) is 5.56 Å². The minimum absolute atomic E-state index is 0.251. The van der Waals surface area contributed by atoms with Gasteiger partial charge in [0.1, 0.15) is 0 Å². The van der Waals surface area contributed by atoms with Crippen molar-refractivity contribution in [3.05, 3.63) is 16.7 Å². The van der Waals surface area contributed by atoms with Gasteiger partial charge in [-0.1, -0.05) is 0 Å². The van der Waals surface area contributed by atoms with E-state index in [4.69, 9.17) is 0 Å². The molecule has 0 unspecified atom stereocenters. The first-order valence-electron chi connectivity index (χ1n) is 3.11. The minimum Gasteiger partial charge on any atom is -0.339 e. The summed E-state index contributed by atoms with van der Waals surface area (Å²) in [4.78, 5) is 24.2. The zero-order valence-electron chi connectivity index (χ0n) is 5.76.